The lowest BCUT2D eigenvalue weighted by molar-refractivity contribution is -0.126. The van der Waals surface area contributed by atoms with E-state index in [-0.39, 0.29) is 25.0 Å². The zero-order chi connectivity index (χ0) is 25.1. The minimum Gasteiger partial charge on any atom is -0.494 e. The third-order valence-corrected chi connectivity index (χ3v) is 5.12. The van der Waals surface area contributed by atoms with Gasteiger partial charge in [-0.1, -0.05) is 42.0 Å². The van der Waals surface area contributed by atoms with Gasteiger partial charge in [-0.3, -0.25) is 9.59 Å². The molecule has 0 radical (unpaired) electrons. The summed E-state index contributed by atoms with van der Waals surface area (Å²) in [5, 5.41) is 5.38. The van der Waals surface area contributed by atoms with Crippen LogP contribution >= 0.6 is 0 Å². The van der Waals surface area contributed by atoms with Crippen LogP contribution in [-0.2, 0) is 36.8 Å². The lowest BCUT2D eigenvalue weighted by Gasteiger charge is -2.09. The Morgan fingerprint density at radius 2 is 1.37 bits per heavy atom. The molecule has 0 aliphatic rings. The number of hydrogen-bond acceptors (Lipinski definition) is 6. The average Bonchev–Trinajstić information content (AvgIpc) is 2.87. The van der Waals surface area contributed by atoms with E-state index in [1.807, 2.05) is 36.4 Å². The Kier molecular flexibility index (Phi) is 14.1. The monoisotopic (exact) mass is 486 g/mol. The van der Waals surface area contributed by atoms with Gasteiger partial charge in [0.2, 0.25) is 11.8 Å². The molecule has 8 heteroatoms. The lowest BCUT2D eigenvalue weighted by Crippen LogP contribution is -2.29. The van der Waals surface area contributed by atoms with E-state index < -0.39 is 0 Å². The number of carbonyl (C=O) groups is 2. The summed E-state index contributed by atoms with van der Waals surface area (Å²) in [6.07, 6.45) is 2.41. The minimum absolute atomic E-state index is 0.0253. The predicted molar refractivity (Wildman–Crippen MR) is 134 cm³/mol. The fraction of sp³-hybridized carbons (Fsp3) is 0.481. The number of benzene rings is 2. The third-order valence-electron chi connectivity index (χ3n) is 5.12. The predicted octanol–water partition coefficient (Wildman–Crippen LogP) is 2.81. The summed E-state index contributed by atoms with van der Waals surface area (Å²) < 4.78 is 21.9. The first-order valence-corrected chi connectivity index (χ1v) is 12.0. The van der Waals surface area contributed by atoms with Gasteiger partial charge in [0, 0.05) is 20.2 Å². The number of likely N-dealkylation sites (N-methyl/N-ethyl adjacent to an activating group) is 1. The fourth-order valence-corrected chi connectivity index (χ4v) is 3.04. The molecule has 0 heterocycles. The number of carbonyl (C=O) groups excluding carboxylic acids is 2. The Bertz CT molecular complexity index is 855. The van der Waals surface area contributed by atoms with Gasteiger partial charge in [0.1, 0.15) is 19.0 Å². The van der Waals surface area contributed by atoms with E-state index in [1.54, 1.807) is 7.05 Å². The number of nitrogens with one attached hydrogen (secondary N) is 2. The molecule has 0 saturated heterocycles. The number of hydrogen-bond donors (Lipinski definition) is 2. The molecule has 35 heavy (non-hydrogen) atoms. The van der Waals surface area contributed by atoms with Crippen LogP contribution in [0.4, 0.5) is 0 Å². The average molecular weight is 487 g/mol. The van der Waals surface area contributed by atoms with E-state index in [0.29, 0.717) is 39.6 Å². The highest BCUT2D eigenvalue weighted by Crippen LogP contribution is 2.13. The zero-order valence-electron chi connectivity index (χ0n) is 20.8. The van der Waals surface area contributed by atoms with Gasteiger partial charge in [-0.2, -0.15) is 0 Å². The Morgan fingerprint density at radius 1 is 0.743 bits per heavy atom. The van der Waals surface area contributed by atoms with Crippen molar-refractivity contribution >= 4 is 11.8 Å². The van der Waals surface area contributed by atoms with Crippen molar-refractivity contribution < 1.29 is 28.5 Å². The first kappa shape index (κ1) is 28.3. The van der Waals surface area contributed by atoms with E-state index in [2.05, 4.69) is 29.7 Å². The molecule has 0 aromatic heterocycles. The van der Waals surface area contributed by atoms with Gasteiger partial charge < -0.3 is 29.6 Å². The van der Waals surface area contributed by atoms with Crippen molar-refractivity contribution in [1.82, 2.24) is 10.6 Å². The molecule has 0 spiro atoms. The van der Waals surface area contributed by atoms with Gasteiger partial charge in [0.15, 0.2) is 0 Å². The maximum atomic E-state index is 11.9. The Balaban J connectivity index is 1.45. The second kappa shape index (κ2) is 17.5. The summed E-state index contributed by atoms with van der Waals surface area (Å²) in [5.74, 6) is 0.550. The van der Waals surface area contributed by atoms with Crippen LogP contribution in [0.3, 0.4) is 0 Å². The molecular formula is C27H38N2O6. The topological polar surface area (TPSA) is 95.1 Å². The maximum absolute atomic E-state index is 11.9. The number of unbranched alkanes of at least 4 members (excludes halogenated alkanes) is 1. The maximum Gasteiger partial charge on any atom is 0.246 e. The van der Waals surface area contributed by atoms with E-state index in [1.165, 1.54) is 5.56 Å². The quantitative estimate of drug-likeness (QED) is 0.315. The van der Waals surface area contributed by atoms with E-state index in [4.69, 9.17) is 18.9 Å². The summed E-state index contributed by atoms with van der Waals surface area (Å²) in [6, 6.07) is 16.0. The van der Waals surface area contributed by atoms with Crippen LogP contribution in [0.5, 0.6) is 5.75 Å². The molecule has 0 aliphatic carbocycles. The second-order valence-corrected chi connectivity index (χ2v) is 8.12. The molecule has 0 atom stereocenters. The van der Waals surface area contributed by atoms with Crippen LogP contribution in [-0.4, -0.2) is 65.0 Å². The smallest absolute Gasteiger partial charge is 0.246 e. The highest BCUT2D eigenvalue weighted by molar-refractivity contribution is 5.77. The van der Waals surface area contributed by atoms with E-state index in [9.17, 15) is 9.59 Å². The summed E-state index contributed by atoms with van der Waals surface area (Å²) in [5.41, 5.74) is 3.46. The number of aryl methyl sites for hydroxylation is 1. The van der Waals surface area contributed by atoms with E-state index in [0.717, 1.165) is 36.1 Å². The zero-order valence-corrected chi connectivity index (χ0v) is 20.8. The molecular weight excluding hydrogens is 448 g/mol. The fourth-order valence-electron chi connectivity index (χ4n) is 3.04. The van der Waals surface area contributed by atoms with Crippen molar-refractivity contribution in [1.29, 1.82) is 0 Å². The van der Waals surface area contributed by atoms with Crippen LogP contribution in [0.1, 0.15) is 29.5 Å². The van der Waals surface area contributed by atoms with Crippen molar-refractivity contribution in [3.8, 4) is 5.75 Å². The highest BCUT2D eigenvalue weighted by Gasteiger charge is 2.03. The Labute approximate surface area is 208 Å². The SMILES string of the molecule is CNC(=O)COCCCCOc1ccc(CCNC(=O)COCCOCc2ccc(C)cc2)cc1. The molecule has 2 aromatic carbocycles. The van der Waals surface area contributed by atoms with Crippen LogP contribution in [0.15, 0.2) is 48.5 Å². The molecule has 0 bridgehead atoms. The molecule has 2 amide bonds. The van der Waals surface area contributed by atoms with Crippen LogP contribution < -0.4 is 15.4 Å². The second-order valence-electron chi connectivity index (χ2n) is 8.12. The van der Waals surface area contributed by atoms with Crippen molar-refractivity contribution in [3.05, 3.63) is 65.2 Å². The molecule has 192 valence electrons. The van der Waals surface area contributed by atoms with Crippen LogP contribution in [0.25, 0.3) is 0 Å². The summed E-state index contributed by atoms with van der Waals surface area (Å²) in [4.78, 5) is 22.9. The lowest BCUT2D eigenvalue weighted by atomic mass is 10.1. The first-order valence-electron chi connectivity index (χ1n) is 12.0. The summed E-state index contributed by atoms with van der Waals surface area (Å²) in [6.45, 7) is 5.20. The van der Waals surface area contributed by atoms with Crippen LogP contribution in [0, 0.1) is 6.92 Å². The largest absolute Gasteiger partial charge is 0.494 e. The Hall–Kier alpha value is -2.94. The van der Waals surface area contributed by atoms with Crippen LogP contribution in [0.2, 0.25) is 0 Å². The number of ether oxygens (including phenoxy) is 4. The van der Waals surface area contributed by atoms with Gasteiger partial charge in [0.25, 0.3) is 0 Å². The molecule has 2 aromatic rings. The van der Waals surface area contributed by atoms with Gasteiger partial charge in [-0.15, -0.1) is 0 Å². The molecule has 0 saturated carbocycles. The van der Waals surface area contributed by atoms with Crippen molar-refractivity contribution in [3.63, 3.8) is 0 Å². The van der Waals surface area contributed by atoms with Gasteiger partial charge >= 0.3 is 0 Å². The van der Waals surface area contributed by atoms with Gasteiger partial charge in [-0.25, -0.2) is 0 Å². The molecule has 2 N–H and O–H groups in total. The Morgan fingerprint density at radius 3 is 2.11 bits per heavy atom. The molecule has 0 unspecified atom stereocenters. The minimum atomic E-state index is -0.136. The number of rotatable bonds is 18. The third kappa shape index (κ3) is 13.5. The van der Waals surface area contributed by atoms with Crippen molar-refractivity contribution in [2.75, 3.05) is 53.2 Å². The highest BCUT2D eigenvalue weighted by atomic mass is 16.5. The first-order chi connectivity index (χ1) is 17.1. The number of amides is 2. The summed E-state index contributed by atoms with van der Waals surface area (Å²) in [7, 11) is 1.59. The molecule has 0 fully saturated rings. The van der Waals surface area contributed by atoms with Crippen molar-refractivity contribution in [2.45, 2.75) is 32.8 Å². The molecule has 0 aliphatic heterocycles. The summed E-state index contributed by atoms with van der Waals surface area (Å²) >= 11 is 0. The van der Waals surface area contributed by atoms with Gasteiger partial charge in [0.05, 0.1) is 26.4 Å². The molecule has 2 rings (SSSR count). The standard InChI is InChI=1S/C27H38N2O6/c1-22-5-7-24(8-6-22)19-33-17-18-34-21-27(31)29-14-13-23-9-11-25(12-10-23)35-16-4-3-15-32-20-26(30)28-2/h5-12H,3-4,13-21H2,1-2H3,(H,28,30)(H,29,31). The van der Waals surface area contributed by atoms with Gasteiger partial charge in [-0.05, 0) is 49.4 Å². The van der Waals surface area contributed by atoms with Crippen molar-refractivity contribution in [2.24, 2.45) is 0 Å². The molecule has 8 nitrogen and oxygen atoms in total. The normalized spacial score (nSPS) is 10.7. The van der Waals surface area contributed by atoms with E-state index >= 15 is 0 Å².